The van der Waals surface area contributed by atoms with Gasteiger partial charge < -0.3 is 9.47 Å². The Balaban J connectivity index is 1.52. The Morgan fingerprint density at radius 3 is 2.72 bits per heavy atom. The molecule has 1 N–H and O–H groups in total. The van der Waals surface area contributed by atoms with Gasteiger partial charge >= 0.3 is 6.09 Å². The number of ether oxygens (including phenoxy) is 2. The number of aryl methyl sites for hydroxylation is 1. The van der Waals surface area contributed by atoms with Gasteiger partial charge in [-0.05, 0) is 50.2 Å². The van der Waals surface area contributed by atoms with Gasteiger partial charge in [-0.3, -0.25) is 5.32 Å². The van der Waals surface area contributed by atoms with E-state index in [0.29, 0.717) is 33.2 Å². The van der Waals surface area contributed by atoms with Crippen LogP contribution < -0.4 is 10.1 Å². The Morgan fingerprint density at radius 2 is 1.97 bits per heavy atom. The molecule has 0 aliphatic rings. The van der Waals surface area contributed by atoms with Crippen molar-refractivity contribution in [2.45, 2.75) is 19.0 Å². The van der Waals surface area contributed by atoms with E-state index >= 15 is 0 Å². The normalized spacial score (nSPS) is 10.8. The number of rotatable bonds is 7. The summed E-state index contributed by atoms with van der Waals surface area (Å²) in [7, 11) is 0. The van der Waals surface area contributed by atoms with E-state index in [9.17, 15) is 4.79 Å². The van der Waals surface area contributed by atoms with Crippen LogP contribution in [0, 0.1) is 6.92 Å². The largest absolute Gasteiger partial charge is 0.494 e. The van der Waals surface area contributed by atoms with Crippen LogP contribution >= 0.6 is 35.0 Å². The average molecular weight is 452 g/mol. The van der Waals surface area contributed by atoms with Crippen LogP contribution in [-0.4, -0.2) is 35.0 Å². The van der Waals surface area contributed by atoms with Crippen molar-refractivity contribution in [2.24, 2.45) is 0 Å². The molecule has 0 saturated heterocycles. The molecule has 0 aliphatic heterocycles. The van der Waals surface area contributed by atoms with Gasteiger partial charge in [0, 0.05) is 22.5 Å². The molecule has 3 aromatic rings. The summed E-state index contributed by atoms with van der Waals surface area (Å²) < 4.78 is 10.7. The highest BCUT2D eigenvalue weighted by atomic mass is 35.5. The molecular formula is C20H19Cl2N3O3S. The smallest absolute Gasteiger partial charge is 0.411 e. The molecule has 152 valence electrons. The zero-order chi connectivity index (χ0) is 20.8. The standard InChI is InChI=1S/C20H19Cl2N3O3S/c1-3-27-14-5-7-18-15(11-14)12(2)23-19(25-18)29-9-8-28-20(26)24-13-4-6-16(21)17(22)10-13/h4-7,10-11H,3,8-9H2,1-2H3,(H,24,26). The maximum Gasteiger partial charge on any atom is 0.411 e. The lowest BCUT2D eigenvalue weighted by atomic mass is 10.2. The highest BCUT2D eigenvalue weighted by Crippen LogP contribution is 2.26. The van der Waals surface area contributed by atoms with E-state index in [1.165, 1.54) is 11.8 Å². The Kier molecular flexibility index (Phi) is 7.41. The molecule has 9 heteroatoms. The Morgan fingerprint density at radius 1 is 1.14 bits per heavy atom. The second kappa shape index (κ2) is 10.0. The third-order valence-corrected chi connectivity index (χ3v) is 5.41. The van der Waals surface area contributed by atoms with Crippen LogP contribution in [-0.2, 0) is 4.74 Å². The number of halogens is 2. The fourth-order valence-electron chi connectivity index (χ4n) is 2.55. The molecule has 1 heterocycles. The topological polar surface area (TPSA) is 73.3 Å². The highest BCUT2D eigenvalue weighted by molar-refractivity contribution is 7.99. The number of nitrogens with one attached hydrogen (secondary N) is 1. The Bertz CT molecular complexity index is 1030. The molecular weight excluding hydrogens is 433 g/mol. The number of hydrogen-bond donors (Lipinski definition) is 1. The van der Waals surface area contributed by atoms with Crippen molar-refractivity contribution in [1.29, 1.82) is 0 Å². The maximum atomic E-state index is 11.9. The van der Waals surface area contributed by atoms with Gasteiger partial charge in [0.15, 0.2) is 5.16 Å². The van der Waals surface area contributed by atoms with Crippen molar-refractivity contribution in [3.63, 3.8) is 0 Å². The van der Waals surface area contributed by atoms with E-state index in [1.807, 2.05) is 32.0 Å². The van der Waals surface area contributed by atoms with E-state index in [0.717, 1.165) is 22.3 Å². The number of carbonyl (C=O) groups excluding carboxylic acids is 1. The van der Waals surface area contributed by atoms with E-state index in [4.69, 9.17) is 32.7 Å². The second-order valence-corrected chi connectivity index (χ2v) is 7.82. The minimum atomic E-state index is -0.567. The molecule has 0 bridgehead atoms. The van der Waals surface area contributed by atoms with Gasteiger partial charge in [-0.25, -0.2) is 14.8 Å². The third kappa shape index (κ3) is 5.88. The third-order valence-electron chi connectivity index (χ3n) is 3.86. The molecule has 1 aromatic heterocycles. The molecule has 0 saturated carbocycles. The first-order valence-electron chi connectivity index (χ1n) is 8.89. The summed E-state index contributed by atoms with van der Waals surface area (Å²) in [4.78, 5) is 20.9. The lowest BCUT2D eigenvalue weighted by Crippen LogP contribution is -2.15. The zero-order valence-corrected chi connectivity index (χ0v) is 18.2. The monoisotopic (exact) mass is 451 g/mol. The number of thioether (sulfide) groups is 1. The number of anilines is 1. The fourth-order valence-corrected chi connectivity index (χ4v) is 3.56. The van der Waals surface area contributed by atoms with Crippen molar-refractivity contribution < 1.29 is 14.3 Å². The zero-order valence-electron chi connectivity index (χ0n) is 15.9. The molecule has 0 radical (unpaired) electrons. The first kappa shape index (κ1) is 21.5. The van der Waals surface area contributed by atoms with E-state index in [1.54, 1.807) is 18.2 Å². The molecule has 6 nitrogen and oxygen atoms in total. The SMILES string of the molecule is CCOc1ccc2nc(SCCOC(=O)Nc3ccc(Cl)c(Cl)c3)nc(C)c2c1. The van der Waals surface area contributed by atoms with Crippen LogP contribution in [0.4, 0.5) is 10.5 Å². The lowest BCUT2D eigenvalue weighted by Gasteiger charge is -2.09. The molecule has 0 aliphatic carbocycles. The van der Waals surface area contributed by atoms with Gasteiger partial charge in [0.25, 0.3) is 0 Å². The van der Waals surface area contributed by atoms with E-state index < -0.39 is 6.09 Å². The fraction of sp³-hybridized carbons (Fsp3) is 0.250. The number of aromatic nitrogens is 2. The van der Waals surface area contributed by atoms with E-state index in [-0.39, 0.29) is 6.61 Å². The first-order valence-corrected chi connectivity index (χ1v) is 10.6. The Labute approximate surface area is 182 Å². The number of nitrogens with zero attached hydrogens (tertiary/aromatic N) is 2. The quantitative estimate of drug-likeness (QED) is 0.270. The van der Waals surface area contributed by atoms with Gasteiger partial charge in [0.05, 0.1) is 22.2 Å². The number of carbonyl (C=O) groups is 1. The summed E-state index contributed by atoms with van der Waals surface area (Å²) in [6.07, 6.45) is -0.567. The molecule has 1 amide bonds. The second-order valence-electron chi connectivity index (χ2n) is 5.94. The number of amides is 1. The van der Waals surface area contributed by atoms with Gasteiger partial charge in [0.2, 0.25) is 0 Å². The van der Waals surface area contributed by atoms with Crippen LogP contribution in [0.15, 0.2) is 41.6 Å². The maximum absolute atomic E-state index is 11.9. The average Bonchev–Trinajstić information content (AvgIpc) is 2.69. The lowest BCUT2D eigenvalue weighted by molar-refractivity contribution is 0.169. The highest BCUT2D eigenvalue weighted by Gasteiger charge is 2.09. The predicted octanol–water partition coefficient (Wildman–Crippen LogP) is 5.98. The predicted molar refractivity (Wildman–Crippen MR) is 118 cm³/mol. The van der Waals surface area contributed by atoms with Crippen LogP contribution in [0.2, 0.25) is 10.0 Å². The summed E-state index contributed by atoms with van der Waals surface area (Å²) in [5, 5.41) is 4.97. The number of fused-ring (bicyclic) bond motifs is 1. The molecule has 29 heavy (non-hydrogen) atoms. The van der Waals surface area contributed by atoms with Gasteiger partial charge in [-0.15, -0.1) is 0 Å². The molecule has 0 atom stereocenters. The van der Waals surface area contributed by atoms with Crippen molar-refractivity contribution in [1.82, 2.24) is 9.97 Å². The van der Waals surface area contributed by atoms with Crippen molar-refractivity contribution >= 4 is 57.6 Å². The van der Waals surface area contributed by atoms with Crippen molar-refractivity contribution in [3.8, 4) is 5.75 Å². The van der Waals surface area contributed by atoms with Crippen LogP contribution in [0.1, 0.15) is 12.6 Å². The summed E-state index contributed by atoms with van der Waals surface area (Å²) >= 11 is 13.2. The molecule has 3 rings (SSSR count). The molecule has 0 spiro atoms. The first-order chi connectivity index (χ1) is 14.0. The van der Waals surface area contributed by atoms with Gasteiger partial charge in [-0.2, -0.15) is 0 Å². The van der Waals surface area contributed by atoms with Crippen LogP contribution in [0.5, 0.6) is 5.75 Å². The Hall–Kier alpha value is -2.22. The summed E-state index contributed by atoms with van der Waals surface area (Å²) in [6.45, 7) is 4.70. The van der Waals surface area contributed by atoms with Crippen molar-refractivity contribution in [3.05, 3.63) is 52.1 Å². The van der Waals surface area contributed by atoms with Gasteiger partial charge in [0.1, 0.15) is 12.4 Å². The van der Waals surface area contributed by atoms with Crippen molar-refractivity contribution in [2.75, 3.05) is 24.3 Å². The minimum Gasteiger partial charge on any atom is -0.494 e. The van der Waals surface area contributed by atoms with Crippen LogP contribution in [0.25, 0.3) is 10.9 Å². The summed E-state index contributed by atoms with van der Waals surface area (Å²) in [5.74, 6) is 1.32. The minimum absolute atomic E-state index is 0.210. The van der Waals surface area contributed by atoms with Crippen LogP contribution in [0.3, 0.4) is 0 Å². The molecule has 0 fully saturated rings. The molecule has 2 aromatic carbocycles. The summed E-state index contributed by atoms with van der Waals surface area (Å²) in [6, 6.07) is 10.6. The molecule has 0 unspecified atom stereocenters. The number of hydrogen-bond acceptors (Lipinski definition) is 6. The van der Waals surface area contributed by atoms with E-state index in [2.05, 4.69) is 15.3 Å². The summed E-state index contributed by atoms with van der Waals surface area (Å²) in [5.41, 5.74) is 2.23. The van der Waals surface area contributed by atoms with Gasteiger partial charge in [-0.1, -0.05) is 35.0 Å². The number of benzene rings is 2.